The molecule has 1 aromatic heterocycles. The molecule has 3 amide bonds. The van der Waals surface area contributed by atoms with E-state index in [-0.39, 0.29) is 54.7 Å². The molecule has 5 rings (SSSR count). The van der Waals surface area contributed by atoms with Crippen molar-refractivity contribution in [1.29, 1.82) is 0 Å². The number of carbonyl (C=O) groups is 2. The summed E-state index contributed by atoms with van der Waals surface area (Å²) in [6.07, 6.45) is 3.45. The van der Waals surface area contributed by atoms with Crippen molar-refractivity contribution in [1.82, 2.24) is 29.7 Å². The number of amides is 3. The molecule has 4 atom stereocenters. The van der Waals surface area contributed by atoms with Gasteiger partial charge in [0, 0.05) is 44.1 Å². The van der Waals surface area contributed by atoms with Gasteiger partial charge in [0.1, 0.15) is 17.6 Å². The van der Waals surface area contributed by atoms with E-state index in [1.807, 2.05) is 49.6 Å². The Hall–Kier alpha value is -3.76. The monoisotopic (exact) mass is 795 g/mol. The molecule has 1 aliphatic carbocycles. The molecular weight excluding hydrogens is 739 g/mol. The van der Waals surface area contributed by atoms with Gasteiger partial charge in [0.15, 0.2) is 0 Å². The summed E-state index contributed by atoms with van der Waals surface area (Å²) in [4.78, 5) is 47.3. The topological polar surface area (TPSA) is 165 Å². The fraction of sp³-hybridized carbons (Fsp3) is 0.575. The Balaban J connectivity index is 1.36. The van der Waals surface area contributed by atoms with Crippen LogP contribution in [-0.2, 0) is 40.9 Å². The maximum Gasteiger partial charge on any atom is 0.321 e. The summed E-state index contributed by atoms with van der Waals surface area (Å²) < 4.78 is 29.7. The molecule has 55 heavy (non-hydrogen) atoms. The smallest absolute Gasteiger partial charge is 0.321 e. The Bertz CT molecular complexity index is 1800. The van der Waals surface area contributed by atoms with E-state index < -0.39 is 28.2 Å². The molecule has 3 N–H and O–H groups in total. The maximum absolute atomic E-state index is 14.4. The van der Waals surface area contributed by atoms with Crippen molar-refractivity contribution in [2.24, 2.45) is 17.0 Å². The number of rotatable bonds is 21. The van der Waals surface area contributed by atoms with Crippen molar-refractivity contribution < 1.29 is 23.1 Å². The summed E-state index contributed by atoms with van der Waals surface area (Å²) >= 11 is 1.55. The number of thiazole rings is 1. The quantitative estimate of drug-likeness (QED) is 0.119. The fourth-order valence-corrected chi connectivity index (χ4v) is 9.69. The van der Waals surface area contributed by atoms with Crippen LogP contribution in [0.15, 0.2) is 70.0 Å². The Labute approximate surface area is 329 Å². The molecule has 1 saturated carbocycles. The summed E-state index contributed by atoms with van der Waals surface area (Å²) in [7, 11) is -4.06. The Kier molecular flexibility index (Phi) is 15.3. The fourth-order valence-electron chi connectivity index (χ4n) is 7.42. The average Bonchev–Trinajstić information content (AvgIpc) is 3.94. The molecule has 2 fully saturated rings. The normalized spacial score (nSPS) is 17.5. The second-order valence-electron chi connectivity index (χ2n) is 15.3. The van der Waals surface area contributed by atoms with Crippen LogP contribution in [0.5, 0.6) is 0 Å². The van der Waals surface area contributed by atoms with E-state index in [1.165, 1.54) is 16.4 Å². The summed E-state index contributed by atoms with van der Waals surface area (Å²) in [5.74, 6) is -0.429. The molecule has 1 saturated heterocycles. The van der Waals surface area contributed by atoms with Crippen LogP contribution in [0.3, 0.4) is 0 Å². The van der Waals surface area contributed by atoms with Crippen LogP contribution < -0.4 is 10.6 Å². The lowest BCUT2D eigenvalue weighted by molar-refractivity contribution is -0.128. The number of benzene rings is 2. The second kappa shape index (κ2) is 19.9. The summed E-state index contributed by atoms with van der Waals surface area (Å²) in [5, 5.41) is 24.3. The van der Waals surface area contributed by atoms with Crippen molar-refractivity contribution in [3.63, 3.8) is 0 Å². The minimum atomic E-state index is -4.06. The van der Waals surface area contributed by atoms with Crippen LogP contribution in [0.25, 0.3) is 0 Å². The summed E-state index contributed by atoms with van der Waals surface area (Å²) in [6, 6.07) is 14.0. The molecule has 15 heteroatoms. The van der Waals surface area contributed by atoms with Gasteiger partial charge in [-0.3, -0.25) is 4.79 Å². The minimum Gasteiger partial charge on any atom is -0.390 e. The van der Waals surface area contributed by atoms with Crippen LogP contribution in [-0.4, -0.2) is 95.0 Å². The standard InChI is InChI=1S/C40H57N7O6S2/c1-5-29(4)38(47-20-19-45(40(47)50)25-33-27-54-37(43-33)23-41-28(2)3)39(49)44-35(21-30-11-7-6-8-12-30)36(48)26-46(24-32-13-9-10-14-32)55(52,53)34-17-15-31(16-18-34)22-42-51/h6-8,11-12,15-18,27-29,32,35-36,38,41,48H,5,9-10,13-14,19-26H2,1-4H3,(H,44,49)/t29-,35+,36-,38-/m1/s1. The molecular formula is C40H57N7O6S2. The molecule has 2 heterocycles. The zero-order valence-electron chi connectivity index (χ0n) is 32.5. The number of aliphatic hydroxyl groups excluding tert-OH is 1. The number of sulfonamides is 1. The molecule has 2 aliphatic rings. The van der Waals surface area contributed by atoms with Crippen molar-refractivity contribution in [3.05, 3.63) is 86.7 Å². The molecule has 2 aromatic carbocycles. The van der Waals surface area contributed by atoms with Gasteiger partial charge in [0.05, 0.1) is 29.3 Å². The first-order chi connectivity index (χ1) is 26.4. The lowest BCUT2D eigenvalue weighted by atomic mass is 9.95. The SMILES string of the molecule is CC[C@@H](C)[C@H](C(=O)N[C@@H](Cc1ccccc1)[C@H](O)CN(CC1CCCC1)S(=O)(=O)c1ccc(CN=O)cc1)N1CCN(Cc2csc(CNC(C)C)n2)C1=O. The summed E-state index contributed by atoms with van der Waals surface area (Å²) in [6.45, 7) is 9.86. The van der Waals surface area contributed by atoms with Crippen molar-refractivity contribution in [2.75, 3.05) is 26.2 Å². The zero-order valence-corrected chi connectivity index (χ0v) is 34.1. The number of nitroso groups, excluding NO2 is 1. The van der Waals surface area contributed by atoms with E-state index in [0.29, 0.717) is 44.2 Å². The highest BCUT2D eigenvalue weighted by atomic mass is 32.2. The number of hydrogen-bond acceptors (Lipinski definition) is 10. The highest BCUT2D eigenvalue weighted by Gasteiger charge is 2.41. The van der Waals surface area contributed by atoms with E-state index in [9.17, 15) is 28.0 Å². The third kappa shape index (κ3) is 11.4. The van der Waals surface area contributed by atoms with Gasteiger partial charge >= 0.3 is 6.03 Å². The number of aromatic nitrogens is 1. The van der Waals surface area contributed by atoms with Gasteiger partial charge in [-0.1, -0.05) is 94.6 Å². The predicted octanol–water partition coefficient (Wildman–Crippen LogP) is 5.53. The third-order valence-corrected chi connectivity index (χ3v) is 13.5. The molecule has 0 bridgehead atoms. The number of aliphatic hydroxyl groups is 1. The van der Waals surface area contributed by atoms with E-state index in [4.69, 9.17) is 4.98 Å². The molecule has 300 valence electrons. The molecule has 0 unspecified atom stereocenters. The van der Waals surface area contributed by atoms with E-state index >= 15 is 0 Å². The van der Waals surface area contributed by atoms with Crippen molar-refractivity contribution in [3.8, 4) is 0 Å². The number of nitrogens with one attached hydrogen (secondary N) is 2. The average molecular weight is 796 g/mol. The van der Waals surface area contributed by atoms with Gasteiger partial charge in [-0.05, 0) is 54.4 Å². The number of carbonyl (C=O) groups excluding carboxylic acids is 2. The van der Waals surface area contributed by atoms with Gasteiger partial charge in [-0.2, -0.15) is 9.21 Å². The van der Waals surface area contributed by atoms with Crippen LogP contribution in [0.2, 0.25) is 0 Å². The largest absolute Gasteiger partial charge is 0.390 e. The van der Waals surface area contributed by atoms with Gasteiger partial charge in [-0.15, -0.1) is 11.3 Å². The first-order valence-electron chi connectivity index (χ1n) is 19.5. The predicted molar refractivity (Wildman–Crippen MR) is 215 cm³/mol. The third-order valence-electron chi connectivity index (χ3n) is 10.8. The highest BCUT2D eigenvalue weighted by molar-refractivity contribution is 7.89. The lowest BCUT2D eigenvalue weighted by Crippen LogP contribution is -2.57. The Morgan fingerprint density at radius 2 is 1.76 bits per heavy atom. The molecule has 0 radical (unpaired) electrons. The minimum absolute atomic E-state index is 0.0611. The molecule has 3 aromatic rings. The Morgan fingerprint density at radius 1 is 1.05 bits per heavy atom. The Morgan fingerprint density at radius 3 is 2.42 bits per heavy atom. The van der Waals surface area contributed by atoms with Gasteiger partial charge in [0.25, 0.3) is 0 Å². The van der Waals surface area contributed by atoms with Crippen LogP contribution in [0, 0.1) is 16.7 Å². The number of nitrogens with zero attached hydrogens (tertiary/aromatic N) is 5. The van der Waals surface area contributed by atoms with Crippen molar-refractivity contribution in [2.45, 2.75) is 115 Å². The highest BCUT2D eigenvalue weighted by Crippen LogP contribution is 2.29. The summed E-state index contributed by atoms with van der Waals surface area (Å²) in [5.41, 5.74) is 2.28. The number of urea groups is 1. The van der Waals surface area contributed by atoms with Crippen LogP contribution in [0.1, 0.15) is 81.6 Å². The second-order valence-corrected chi connectivity index (χ2v) is 18.2. The lowest BCUT2D eigenvalue weighted by Gasteiger charge is -2.35. The van der Waals surface area contributed by atoms with E-state index in [2.05, 4.69) is 29.7 Å². The zero-order chi connectivity index (χ0) is 39.5. The molecule has 13 nitrogen and oxygen atoms in total. The van der Waals surface area contributed by atoms with Crippen LogP contribution >= 0.6 is 11.3 Å². The molecule has 1 aliphatic heterocycles. The maximum atomic E-state index is 14.4. The first kappa shape index (κ1) is 42.4. The van der Waals surface area contributed by atoms with E-state index in [0.717, 1.165) is 41.9 Å². The van der Waals surface area contributed by atoms with Gasteiger partial charge in [0.2, 0.25) is 15.9 Å². The van der Waals surface area contributed by atoms with Gasteiger partial charge in [-0.25, -0.2) is 18.2 Å². The van der Waals surface area contributed by atoms with Gasteiger partial charge < -0.3 is 25.5 Å². The molecule has 0 spiro atoms. The number of hydrogen-bond donors (Lipinski definition) is 3. The first-order valence-corrected chi connectivity index (χ1v) is 21.8. The van der Waals surface area contributed by atoms with Crippen molar-refractivity contribution >= 4 is 33.3 Å². The van der Waals surface area contributed by atoms with E-state index in [1.54, 1.807) is 33.3 Å². The van der Waals surface area contributed by atoms with Crippen LogP contribution in [0.4, 0.5) is 4.79 Å².